The summed E-state index contributed by atoms with van der Waals surface area (Å²) < 4.78 is 0. The lowest BCUT2D eigenvalue weighted by Crippen LogP contribution is -2.23. The Morgan fingerprint density at radius 3 is 2.20 bits per heavy atom. The number of carboxylic acids is 2. The molecular formula is C9H16O6. The van der Waals surface area contributed by atoms with Crippen LogP contribution in [0.2, 0.25) is 0 Å². The van der Waals surface area contributed by atoms with Gasteiger partial charge in [-0.15, -0.1) is 0 Å². The molecule has 0 saturated heterocycles. The first-order chi connectivity index (χ1) is 6.97. The summed E-state index contributed by atoms with van der Waals surface area (Å²) in [5, 5.41) is 34.7. The third-order valence-corrected chi connectivity index (χ3v) is 2.06. The van der Waals surface area contributed by atoms with Gasteiger partial charge in [-0.3, -0.25) is 9.59 Å². The first-order valence-electron chi connectivity index (χ1n) is 4.71. The van der Waals surface area contributed by atoms with Crippen LogP contribution in [0.25, 0.3) is 0 Å². The van der Waals surface area contributed by atoms with Crippen LogP contribution in [0.15, 0.2) is 0 Å². The van der Waals surface area contributed by atoms with Crippen molar-refractivity contribution in [3.8, 4) is 0 Å². The van der Waals surface area contributed by atoms with E-state index in [0.717, 1.165) is 0 Å². The maximum atomic E-state index is 10.7. The molecule has 0 aromatic rings. The molecule has 0 aromatic heterocycles. The number of rotatable bonds is 8. The molecule has 2 atom stereocenters. The van der Waals surface area contributed by atoms with Gasteiger partial charge in [-0.25, -0.2) is 0 Å². The van der Waals surface area contributed by atoms with Gasteiger partial charge in [0, 0.05) is 6.42 Å². The van der Waals surface area contributed by atoms with Crippen LogP contribution in [0, 0.1) is 5.92 Å². The van der Waals surface area contributed by atoms with Crippen molar-refractivity contribution in [3.05, 3.63) is 0 Å². The third-order valence-electron chi connectivity index (χ3n) is 2.06. The molecule has 6 nitrogen and oxygen atoms in total. The van der Waals surface area contributed by atoms with Gasteiger partial charge in [-0.2, -0.15) is 0 Å². The monoisotopic (exact) mass is 220 g/mol. The molecule has 4 N–H and O–H groups in total. The topological polar surface area (TPSA) is 115 Å². The van der Waals surface area contributed by atoms with E-state index in [1.54, 1.807) is 0 Å². The molecule has 0 saturated carbocycles. The maximum Gasteiger partial charge on any atom is 0.306 e. The predicted molar refractivity (Wildman–Crippen MR) is 50.3 cm³/mol. The van der Waals surface area contributed by atoms with Crippen LogP contribution >= 0.6 is 0 Å². The second-order valence-electron chi connectivity index (χ2n) is 3.39. The van der Waals surface area contributed by atoms with E-state index in [1.165, 1.54) is 0 Å². The molecule has 0 amide bonds. The predicted octanol–water partition coefficient (Wildman–Crippen LogP) is -0.315. The van der Waals surface area contributed by atoms with E-state index in [2.05, 4.69) is 0 Å². The number of hydrogen-bond acceptors (Lipinski definition) is 4. The second-order valence-corrected chi connectivity index (χ2v) is 3.39. The van der Waals surface area contributed by atoms with Gasteiger partial charge in [0.2, 0.25) is 0 Å². The second kappa shape index (κ2) is 7.19. The normalized spacial score (nSPS) is 14.5. The van der Waals surface area contributed by atoms with Crippen LogP contribution in [0.3, 0.4) is 0 Å². The van der Waals surface area contributed by atoms with Crippen molar-refractivity contribution >= 4 is 11.9 Å². The molecule has 0 spiro atoms. The van der Waals surface area contributed by atoms with E-state index in [-0.39, 0.29) is 25.7 Å². The average molecular weight is 220 g/mol. The number of aliphatic hydroxyl groups excluding tert-OH is 2. The standard InChI is InChI=1S/C9H16O6/c10-5-7(11)4-6(9(14)15)2-1-3-8(12)13/h6-7,10-11H,1-5H2,(H,12,13)(H,14,15). The smallest absolute Gasteiger partial charge is 0.306 e. The van der Waals surface area contributed by atoms with E-state index in [9.17, 15) is 9.59 Å². The number of hydrogen-bond donors (Lipinski definition) is 4. The van der Waals surface area contributed by atoms with Gasteiger partial charge in [-0.05, 0) is 19.3 Å². The SMILES string of the molecule is O=C(O)CCCC(CC(O)CO)C(=O)O. The van der Waals surface area contributed by atoms with Gasteiger partial charge in [-0.1, -0.05) is 0 Å². The Bertz CT molecular complexity index is 215. The summed E-state index contributed by atoms with van der Waals surface area (Å²) in [6, 6.07) is 0. The van der Waals surface area contributed by atoms with Gasteiger partial charge in [0.15, 0.2) is 0 Å². The van der Waals surface area contributed by atoms with Crippen LogP contribution < -0.4 is 0 Å². The zero-order valence-corrected chi connectivity index (χ0v) is 8.30. The van der Waals surface area contributed by atoms with Crippen molar-refractivity contribution in [2.75, 3.05) is 6.61 Å². The zero-order chi connectivity index (χ0) is 11.8. The van der Waals surface area contributed by atoms with Crippen molar-refractivity contribution in [2.24, 2.45) is 5.92 Å². The van der Waals surface area contributed by atoms with E-state index in [1.807, 2.05) is 0 Å². The lowest BCUT2D eigenvalue weighted by Gasteiger charge is -2.14. The van der Waals surface area contributed by atoms with Gasteiger partial charge < -0.3 is 20.4 Å². The molecule has 0 heterocycles. The van der Waals surface area contributed by atoms with E-state index in [0.29, 0.717) is 0 Å². The molecule has 0 bridgehead atoms. The highest BCUT2D eigenvalue weighted by molar-refractivity contribution is 5.70. The zero-order valence-electron chi connectivity index (χ0n) is 8.30. The molecule has 2 unspecified atom stereocenters. The Labute approximate surface area is 87.2 Å². The summed E-state index contributed by atoms with van der Waals surface area (Å²) in [6.07, 6.45) is -0.746. The van der Waals surface area contributed by atoms with Crippen molar-refractivity contribution in [1.29, 1.82) is 0 Å². The molecule has 88 valence electrons. The maximum absolute atomic E-state index is 10.7. The van der Waals surface area contributed by atoms with Crippen LogP contribution in [-0.2, 0) is 9.59 Å². The quantitative estimate of drug-likeness (QED) is 0.446. The molecule has 0 rings (SSSR count). The van der Waals surface area contributed by atoms with Crippen LogP contribution in [0.1, 0.15) is 25.7 Å². The molecule has 0 radical (unpaired) electrons. The Morgan fingerprint density at radius 2 is 1.80 bits per heavy atom. The number of aliphatic hydroxyl groups is 2. The number of carbonyl (C=O) groups is 2. The van der Waals surface area contributed by atoms with Crippen molar-refractivity contribution in [3.63, 3.8) is 0 Å². The van der Waals surface area contributed by atoms with Crippen LogP contribution in [0.4, 0.5) is 0 Å². The van der Waals surface area contributed by atoms with Gasteiger partial charge >= 0.3 is 11.9 Å². The largest absolute Gasteiger partial charge is 0.481 e. The van der Waals surface area contributed by atoms with Crippen LogP contribution in [-0.4, -0.2) is 45.1 Å². The lowest BCUT2D eigenvalue weighted by molar-refractivity contribution is -0.144. The molecule has 0 aromatic carbocycles. The van der Waals surface area contributed by atoms with E-state index in [4.69, 9.17) is 20.4 Å². The molecule has 0 aliphatic carbocycles. The highest BCUT2D eigenvalue weighted by Gasteiger charge is 2.20. The summed E-state index contributed by atoms with van der Waals surface area (Å²) in [4.78, 5) is 20.9. The first-order valence-corrected chi connectivity index (χ1v) is 4.71. The van der Waals surface area contributed by atoms with Gasteiger partial charge in [0.25, 0.3) is 0 Å². The van der Waals surface area contributed by atoms with Crippen LogP contribution in [0.5, 0.6) is 0 Å². The lowest BCUT2D eigenvalue weighted by atomic mass is 9.96. The van der Waals surface area contributed by atoms with E-state index >= 15 is 0 Å². The van der Waals surface area contributed by atoms with Crippen molar-refractivity contribution in [1.82, 2.24) is 0 Å². The molecular weight excluding hydrogens is 204 g/mol. The fourth-order valence-electron chi connectivity index (χ4n) is 1.24. The summed E-state index contributed by atoms with van der Waals surface area (Å²) in [5.41, 5.74) is 0. The molecule has 0 aliphatic rings. The fourth-order valence-corrected chi connectivity index (χ4v) is 1.24. The molecule has 6 heteroatoms. The average Bonchev–Trinajstić information content (AvgIpc) is 2.15. The first kappa shape index (κ1) is 13.9. The molecule has 0 aliphatic heterocycles. The Hall–Kier alpha value is -1.14. The Kier molecular flexibility index (Phi) is 6.64. The summed E-state index contributed by atoms with van der Waals surface area (Å²) >= 11 is 0. The Morgan fingerprint density at radius 1 is 1.20 bits per heavy atom. The summed E-state index contributed by atoms with van der Waals surface area (Å²) in [5.74, 6) is -2.85. The fraction of sp³-hybridized carbons (Fsp3) is 0.778. The highest BCUT2D eigenvalue weighted by atomic mass is 16.4. The minimum atomic E-state index is -1.08. The Balaban J connectivity index is 3.94. The van der Waals surface area contributed by atoms with Crippen molar-refractivity contribution < 1.29 is 30.0 Å². The summed E-state index contributed by atoms with van der Waals surface area (Å²) in [6.45, 7) is -0.483. The molecule has 15 heavy (non-hydrogen) atoms. The van der Waals surface area contributed by atoms with Gasteiger partial charge in [0.05, 0.1) is 18.6 Å². The minimum absolute atomic E-state index is 0.0501. The number of aliphatic carboxylic acids is 2. The van der Waals surface area contributed by atoms with E-state index < -0.39 is 30.6 Å². The number of carboxylic acid groups (broad SMARTS) is 2. The third kappa shape index (κ3) is 6.87. The minimum Gasteiger partial charge on any atom is -0.481 e. The highest BCUT2D eigenvalue weighted by Crippen LogP contribution is 2.15. The molecule has 0 fully saturated rings. The van der Waals surface area contributed by atoms with Crippen molar-refractivity contribution in [2.45, 2.75) is 31.8 Å². The summed E-state index contributed by atoms with van der Waals surface area (Å²) in [7, 11) is 0. The van der Waals surface area contributed by atoms with Gasteiger partial charge in [0.1, 0.15) is 0 Å².